The van der Waals surface area contributed by atoms with Gasteiger partial charge >= 0.3 is 0 Å². The summed E-state index contributed by atoms with van der Waals surface area (Å²) in [7, 11) is -2.04. The molecule has 0 saturated carbocycles. The molecule has 0 bridgehead atoms. The van der Waals surface area contributed by atoms with Crippen LogP contribution in [-0.2, 0) is 14.8 Å². The minimum atomic E-state index is -3.47. The van der Waals surface area contributed by atoms with Crippen molar-refractivity contribution >= 4 is 33.2 Å². The molecule has 2 amide bonds. The summed E-state index contributed by atoms with van der Waals surface area (Å²) in [6.07, 6.45) is 3.02. The predicted molar refractivity (Wildman–Crippen MR) is 120 cm³/mol. The summed E-state index contributed by atoms with van der Waals surface area (Å²) >= 11 is 0. The monoisotopic (exact) mass is 445 g/mol. The number of anilines is 2. The maximum Gasteiger partial charge on any atom is 0.255 e. The number of benzene rings is 2. The third-order valence-electron chi connectivity index (χ3n) is 5.24. The SMILES string of the molecule is Cc1ccc(C(=O)Nc2ccccc2C(=O)NCC2CCCO2)cc1N(C)S(C)(=O)=O. The summed E-state index contributed by atoms with van der Waals surface area (Å²) in [4.78, 5) is 25.5. The number of hydrogen-bond donors (Lipinski definition) is 2. The molecule has 1 heterocycles. The van der Waals surface area contributed by atoms with Crippen molar-refractivity contribution in [2.24, 2.45) is 0 Å². The molecule has 1 aliphatic rings. The lowest BCUT2D eigenvalue weighted by Gasteiger charge is -2.20. The van der Waals surface area contributed by atoms with Gasteiger partial charge in [0.1, 0.15) is 0 Å². The van der Waals surface area contributed by atoms with Crippen LogP contribution in [0.5, 0.6) is 0 Å². The number of carbonyl (C=O) groups is 2. The maximum atomic E-state index is 12.9. The highest BCUT2D eigenvalue weighted by Gasteiger charge is 2.20. The van der Waals surface area contributed by atoms with Crippen molar-refractivity contribution in [1.82, 2.24) is 5.32 Å². The molecule has 31 heavy (non-hydrogen) atoms. The Balaban J connectivity index is 1.77. The molecule has 0 aliphatic carbocycles. The number of ether oxygens (including phenoxy) is 1. The Bertz CT molecular complexity index is 1080. The number of hydrogen-bond acceptors (Lipinski definition) is 5. The highest BCUT2D eigenvalue weighted by Crippen LogP contribution is 2.24. The number of aryl methyl sites for hydroxylation is 1. The van der Waals surface area contributed by atoms with Crippen LogP contribution in [0, 0.1) is 6.92 Å². The van der Waals surface area contributed by atoms with E-state index >= 15 is 0 Å². The number of nitrogens with one attached hydrogen (secondary N) is 2. The molecule has 166 valence electrons. The molecular formula is C22H27N3O5S. The summed E-state index contributed by atoms with van der Waals surface area (Å²) in [6.45, 7) is 2.90. The van der Waals surface area contributed by atoms with Gasteiger partial charge in [-0.3, -0.25) is 13.9 Å². The van der Waals surface area contributed by atoms with Gasteiger partial charge in [0.15, 0.2) is 0 Å². The fourth-order valence-electron chi connectivity index (χ4n) is 3.36. The molecule has 3 rings (SSSR count). The molecule has 9 heteroatoms. The first kappa shape index (κ1) is 22.8. The number of sulfonamides is 1. The summed E-state index contributed by atoms with van der Waals surface area (Å²) < 4.78 is 30.5. The van der Waals surface area contributed by atoms with Gasteiger partial charge in [-0.1, -0.05) is 18.2 Å². The van der Waals surface area contributed by atoms with E-state index in [1.807, 2.05) is 0 Å². The maximum absolute atomic E-state index is 12.9. The third-order valence-corrected chi connectivity index (χ3v) is 6.43. The van der Waals surface area contributed by atoms with E-state index in [4.69, 9.17) is 4.74 Å². The molecule has 1 saturated heterocycles. The summed E-state index contributed by atoms with van der Waals surface area (Å²) in [6, 6.07) is 11.6. The van der Waals surface area contributed by atoms with Crippen LogP contribution in [0.3, 0.4) is 0 Å². The quantitative estimate of drug-likeness (QED) is 0.682. The van der Waals surface area contributed by atoms with Gasteiger partial charge in [0.05, 0.1) is 29.3 Å². The second-order valence-electron chi connectivity index (χ2n) is 7.58. The molecule has 1 fully saturated rings. The standard InChI is InChI=1S/C22H27N3O5S/c1-15-10-11-16(13-20(15)25(2)31(3,28)29)21(26)24-19-9-5-4-8-18(19)22(27)23-14-17-7-6-12-30-17/h4-5,8-11,13,17H,6-7,12,14H2,1-3H3,(H,23,27)(H,24,26). The van der Waals surface area contributed by atoms with Crippen molar-refractivity contribution in [1.29, 1.82) is 0 Å². The lowest BCUT2D eigenvalue weighted by atomic mass is 10.1. The molecular weight excluding hydrogens is 418 g/mol. The number of nitrogens with zero attached hydrogens (tertiary/aromatic N) is 1. The Morgan fingerprint density at radius 1 is 1.16 bits per heavy atom. The van der Waals surface area contributed by atoms with E-state index < -0.39 is 15.9 Å². The fraction of sp³-hybridized carbons (Fsp3) is 0.364. The summed E-state index contributed by atoms with van der Waals surface area (Å²) in [5.74, 6) is -0.740. The minimum absolute atomic E-state index is 0.0171. The Kier molecular flexibility index (Phi) is 6.97. The molecule has 1 unspecified atom stereocenters. The summed E-state index contributed by atoms with van der Waals surface area (Å²) in [5, 5.41) is 5.61. The molecule has 0 spiro atoms. The first-order valence-corrected chi connectivity index (χ1v) is 11.9. The first-order valence-electron chi connectivity index (χ1n) is 10.0. The Morgan fingerprint density at radius 3 is 2.58 bits per heavy atom. The van der Waals surface area contributed by atoms with Crippen molar-refractivity contribution in [3.05, 3.63) is 59.2 Å². The number of amides is 2. The summed E-state index contributed by atoms with van der Waals surface area (Å²) in [5.41, 5.74) is 2.13. The molecule has 1 atom stereocenters. The molecule has 2 N–H and O–H groups in total. The van der Waals surface area contributed by atoms with Crippen LogP contribution >= 0.6 is 0 Å². The molecule has 2 aromatic rings. The average molecular weight is 446 g/mol. The lowest BCUT2D eigenvalue weighted by molar-refractivity contribution is 0.0858. The van der Waals surface area contributed by atoms with Gasteiger partial charge in [0, 0.05) is 25.8 Å². The fourth-order valence-corrected chi connectivity index (χ4v) is 3.91. The highest BCUT2D eigenvalue weighted by molar-refractivity contribution is 7.92. The van der Waals surface area contributed by atoms with Gasteiger partial charge in [0.2, 0.25) is 10.0 Å². The van der Waals surface area contributed by atoms with Crippen LogP contribution in [-0.4, -0.2) is 52.8 Å². The van der Waals surface area contributed by atoms with Crippen molar-refractivity contribution in [3.63, 3.8) is 0 Å². The second-order valence-corrected chi connectivity index (χ2v) is 9.59. The second kappa shape index (κ2) is 9.49. The van der Waals surface area contributed by atoms with E-state index in [2.05, 4.69) is 10.6 Å². The molecule has 2 aromatic carbocycles. The number of carbonyl (C=O) groups excluding carboxylic acids is 2. The van der Waals surface area contributed by atoms with Gasteiger partial charge in [-0.05, 0) is 49.6 Å². The predicted octanol–water partition coefficient (Wildman–Crippen LogP) is 2.55. The van der Waals surface area contributed by atoms with Crippen molar-refractivity contribution in [2.45, 2.75) is 25.9 Å². The van der Waals surface area contributed by atoms with Gasteiger partial charge in [-0.15, -0.1) is 0 Å². The van der Waals surface area contributed by atoms with Crippen molar-refractivity contribution in [2.75, 3.05) is 36.1 Å². The Morgan fingerprint density at radius 2 is 1.90 bits per heavy atom. The number of rotatable bonds is 7. The van der Waals surface area contributed by atoms with E-state index in [1.54, 1.807) is 43.3 Å². The largest absolute Gasteiger partial charge is 0.376 e. The zero-order chi connectivity index (χ0) is 22.6. The minimum Gasteiger partial charge on any atom is -0.376 e. The van der Waals surface area contributed by atoms with Crippen LogP contribution < -0.4 is 14.9 Å². The topological polar surface area (TPSA) is 105 Å². The van der Waals surface area contributed by atoms with Gasteiger partial charge in [-0.2, -0.15) is 0 Å². The van der Waals surface area contributed by atoms with E-state index in [-0.39, 0.29) is 17.6 Å². The van der Waals surface area contributed by atoms with Crippen LogP contribution in [0.1, 0.15) is 39.1 Å². The van der Waals surface area contributed by atoms with Crippen LogP contribution in [0.25, 0.3) is 0 Å². The van der Waals surface area contributed by atoms with E-state index in [9.17, 15) is 18.0 Å². The van der Waals surface area contributed by atoms with Gasteiger partial charge < -0.3 is 15.4 Å². The van der Waals surface area contributed by atoms with Gasteiger partial charge in [-0.25, -0.2) is 8.42 Å². The molecule has 8 nitrogen and oxygen atoms in total. The highest BCUT2D eigenvalue weighted by atomic mass is 32.2. The first-order chi connectivity index (χ1) is 14.7. The van der Waals surface area contributed by atoms with Crippen LogP contribution in [0.4, 0.5) is 11.4 Å². The van der Waals surface area contributed by atoms with Gasteiger partial charge in [0.25, 0.3) is 11.8 Å². The average Bonchev–Trinajstić information content (AvgIpc) is 3.25. The van der Waals surface area contributed by atoms with Crippen LogP contribution in [0.2, 0.25) is 0 Å². The zero-order valence-corrected chi connectivity index (χ0v) is 18.7. The lowest BCUT2D eigenvalue weighted by Crippen LogP contribution is -2.32. The van der Waals surface area contributed by atoms with Crippen molar-refractivity contribution in [3.8, 4) is 0 Å². The Hall–Kier alpha value is -2.91. The van der Waals surface area contributed by atoms with E-state index in [0.29, 0.717) is 30.1 Å². The molecule has 0 aromatic heterocycles. The molecule has 0 radical (unpaired) electrons. The molecule has 1 aliphatic heterocycles. The zero-order valence-electron chi connectivity index (χ0n) is 17.8. The third kappa shape index (κ3) is 5.62. The number of para-hydroxylation sites is 1. The van der Waals surface area contributed by atoms with Crippen molar-refractivity contribution < 1.29 is 22.7 Å². The Labute approximate surface area is 182 Å². The smallest absolute Gasteiger partial charge is 0.255 e. The normalized spacial score (nSPS) is 16.0. The van der Waals surface area contributed by atoms with E-state index in [1.165, 1.54) is 13.1 Å². The van der Waals surface area contributed by atoms with E-state index in [0.717, 1.165) is 29.0 Å². The van der Waals surface area contributed by atoms with Crippen LogP contribution in [0.15, 0.2) is 42.5 Å².